The van der Waals surface area contributed by atoms with E-state index in [4.69, 9.17) is 4.74 Å². The van der Waals surface area contributed by atoms with Gasteiger partial charge in [0.25, 0.3) is 0 Å². The average molecular weight is 287 g/mol. The molecule has 0 bridgehead atoms. The summed E-state index contributed by atoms with van der Waals surface area (Å²) in [6.45, 7) is 0.993. The smallest absolute Gasteiger partial charge is 0.0685 e. The van der Waals surface area contributed by atoms with Crippen LogP contribution < -0.4 is 5.32 Å². The highest BCUT2D eigenvalue weighted by Crippen LogP contribution is 2.46. The standard InChI is InChI=1S/C14H25NOS2/c1-15-13(12-10-17-7-8-18-12)11-3-6-16-14(9-11)4-2-5-14/h11-13,15H,2-10H2,1H3. The van der Waals surface area contributed by atoms with E-state index in [1.807, 2.05) is 0 Å². The fourth-order valence-corrected chi connectivity index (χ4v) is 6.73. The normalized spacial score (nSPS) is 37.2. The lowest BCUT2D eigenvalue weighted by Crippen LogP contribution is -2.53. The summed E-state index contributed by atoms with van der Waals surface area (Å²) in [6.07, 6.45) is 6.57. The van der Waals surface area contributed by atoms with E-state index >= 15 is 0 Å². The van der Waals surface area contributed by atoms with E-state index in [0.717, 1.165) is 17.8 Å². The van der Waals surface area contributed by atoms with E-state index in [9.17, 15) is 0 Å². The molecule has 1 saturated carbocycles. The molecule has 3 fully saturated rings. The quantitative estimate of drug-likeness (QED) is 0.861. The number of hydrogen-bond acceptors (Lipinski definition) is 4. The molecule has 0 radical (unpaired) electrons. The van der Waals surface area contributed by atoms with E-state index in [0.29, 0.717) is 11.6 Å². The lowest BCUT2D eigenvalue weighted by Gasteiger charge is -2.49. The molecule has 18 heavy (non-hydrogen) atoms. The van der Waals surface area contributed by atoms with E-state index < -0.39 is 0 Å². The molecule has 3 rings (SSSR count). The summed E-state index contributed by atoms with van der Waals surface area (Å²) in [7, 11) is 2.16. The Balaban J connectivity index is 1.63. The Labute approximate surface area is 119 Å². The molecule has 1 N–H and O–H groups in total. The second kappa shape index (κ2) is 5.94. The Morgan fingerprint density at radius 2 is 2.22 bits per heavy atom. The van der Waals surface area contributed by atoms with Gasteiger partial charge in [0.2, 0.25) is 0 Å². The van der Waals surface area contributed by atoms with Crippen LogP contribution in [0.4, 0.5) is 0 Å². The molecule has 1 aliphatic carbocycles. The highest BCUT2D eigenvalue weighted by Gasteiger charge is 2.45. The van der Waals surface area contributed by atoms with Crippen molar-refractivity contribution in [3.05, 3.63) is 0 Å². The van der Waals surface area contributed by atoms with Crippen LogP contribution in [0.25, 0.3) is 0 Å². The third-order valence-electron chi connectivity index (χ3n) is 4.88. The second-order valence-corrected chi connectivity index (χ2v) is 8.43. The van der Waals surface area contributed by atoms with Gasteiger partial charge in [-0.05, 0) is 45.1 Å². The van der Waals surface area contributed by atoms with Gasteiger partial charge >= 0.3 is 0 Å². The fourth-order valence-electron chi connectivity index (χ4n) is 3.73. The molecule has 2 saturated heterocycles. The van der Waals surface area contributed by atoms with Gasteiger partial charge in [-0.15, -0.1) is 0 Å². The van der Waals surface area contributed by atoms with Crippen molar-refractivity contribution in [2.24, 2.45) is 5.92 Å². The van der Waals surface area contributed by atoms with E-state index in [2.05, 4.69) is 35.9 Å². The Morgan fingerprint density at radius 3 is 2.83 bits per heavy atom. The lowest BCUT2D eigenvalue weighted by molar-refractivity contribution is -0.146. The van der Waals surface area contributed by atoms with Crippen LogP contribution in [0.1, 0.15) is 32.1 Å². The Kier molecular flexibility index (Phi) is 4.49. The van der Waals surface area contributed by atoms with Crippen LogP contribution in [0.15, 0.2) is 0 Å². The maximum atomic E-state index is 6.07. The molecule has 2 nitrogen and oxygen atoms in total. The average Bonchev–Trinajstić information content (AvgIpc) is 2.39. The summed E-state index contributed by atoms with van der Waals surface area (Å²) in [5.41, 5.74) is 0.296. The number of nitrogens with one attached hydrogen (secondary N) is 1. The SMILES string of the molecule is CNC(C1CCOC2(CCC2)C1)C1CSCCS1. The van der Waals surface area contributed by atoms with E-state index in [1.54, 1.807) is 0 Å². The molecule has 104 valence electrons. The van der Waals surface area contributed by atoms with Crippen LogP contribution in [0.2, 0.25) is 0 Å². The fraction of sp³-hybridized carbons (Fsp3) is 1.00. The largest absolute Gasteiger partial charge is 0.375 e. The number of hydrogen-bond donors (Lipinski definition) is 1. The zero-order valence-electron chi connectivity index (χ0n) is 11.3. The summed E-state index contributed by atoms with van der Waals surface area (Å²) >= 11 is 4.33. The van der Waals surface area contributed by atoms with Gasteiger partial charge in [-0.3, -0.25) is 0 Å². The van der Waals surface area contributed by atoms with Gasteiger partial charge in [0.15, 0.2) is 0 Å². The summed E-state index contributed by atoms with van der Waals surface area (Å²) in [5.74, 6) is 4.85. The molecule has 0 aromatic carbocycles. The van der Waals surface area contributed by atoms with Crippen molar-refractivity contribution in [3.8, 4) is 0 Å². The van der Waals surface area contributed by atoms with Crippen LogP contribution in [-0.4, -0.2) is 47.8 Å². The minimum Gasteiger partial charge on any atom is -0.375 e. The molecule has 3 unspecified atom stereocenters. The predicted octanol–water partition coefficient (Wildman–Crippen LogP) is 2.77. The van der Waals surface area contributed by atoms with Gasteiger partial charge in [-0.2, -0.15) is 23.5 Å². The first-order chi connectivity index (χ1) is 8.83. The minimum atomic E-state index is 0.296. The monoisotopic (exact) mass is 287 g/mol. The molecule has 3 aliphatic rings. The highest BCUT2D eigenvalue weighted by molar-refractivity contribution is 8.06. The third-order valence-corrected chi connectivity index (χ3v) is 7.76. The first-order valence-corrected chi connectivity index (χ1v) is 9.54. The Hall–Kier alpha value is 0.620. The number of ether oxygens (including phenoxy) is 1. The first-order valence-electron chi connectivity index (χ1n) is 7.34. The first kappa shape index (κ1) is 13.6. The molecule has 0 amide bonds. The van der Waals surface area contributed by atoms with Crippen molar-refractivity contribution >= 4 is 23.5 Å². The zero-order valence-corrected chi connectivity index (χ0v) is 13.0. The molecular formula is C14H25NOS2. The van der Waals surface area contributed by atoms with Crippen molar-refractivity contribution in [3.63, 3.8) is 0 Å². The van der Waals surface area contributed by atoms with Crippen LogP contribution in [0.5, 0.6) is 0 Å². The summed E-state index contributed by atoms with van der Waals surface area (Å²) in [6, 6.07) is 0.698. The summed E-state index contributed by atoms with van der Waals surface area (Å²) in [5, 5.41) is 4.45. The summed E-state index contributed by atoms with van der Waals surface area (Å²) in [4.78, 5) is 0. The maximum Gasteiger partial charge on any atom is 0.0685 e. The topological polar surface area (TPSA) is 21.3 Å². The van der Waals surface area contributed by atoms with Crippen molar-refractivity contribution in [2.75, 3.05) is 30.9 Å². The van der Waals surface area contributed by atoms with Gasteiger partial charge in [-0.25, -0.2) is 0 Å². The molecule has 2 heterocycles. The van der Waals surface area contributed by atoms with Crippen LogP contribution >= 0.6 is 23.5 Å². The summed E-state index contributed by atoms with van der Waals surface area (Å²) < 4.78 is 6.07. The molecule has 2 aliphatic heterocycles. The van der Waals surface area contributed by atoms with Crippen molar-refractivity contribution in [1.29, 1.82) is 0 Å². The van der Waals surface area contributed by atoms with Gasteiger partial charge in [0.05, 0.1) is 5.60 Å². The highest BCUT2D eigenvalue weighted by atomic mass is 32.2. The van der Waals surface area contributed by atoms with Crippen LogP contribution in [-0.2, 0) is 4.74 Å². The third kappa shape index (κ3) is 2.72. The van der Waals surface area contributed by atoms with Gasteiger partial charge in [0.1, 0.15) is 0 Å². The van der Waals surface area contributed by atoms with Gasteiger partial charge in [-0.1, -0.05) is 0 Å². The van der Waals surface area contributed by atoms with Crippen molar-refractivity contribution in [2.45, 2.75) is 49.0 Å². The maximum absolute atomic E-state index is 6.07. The lowest BCUT2D eigenvalue weighted by atomic mass is 9.70. The van der Waals surface area contributed by atoms with E-state index in [-0.39, 0.29) is 0 Å². The molecule has 3 atom stereocenters. The Bertz CT molecular complexity index is 277. The number of thioether (sulfide) groups is 2. The second-order valence-electron chi connectivity index (χ2n) is 5.94. The Morgan fingerprint density at radius 1 is 1.33 bits per heavy atom. The molecule has 0 aromatic heterocycles. The van der Waals surface area contributed by atoms with Gasteiger partial charge < -0.3 is 10.1 Å². The van der Waals surface area contributed by atoms with Crippen molar-refractivity contribution < 1.29 is 4.74 Å². The molecule has 0 aromatic rings. The molecule has 4 heteroatoms. The predicted molar refractivity (Wildman–Crippen MR) is 81.7 cm³/mol. The van der Waals surface area contributed by atoms with E-state index in [1.165, 1.54) is 49.4 Å². The zero-order chi connectivity index (χ0) is 12.4. The van der Waals surface area contributed by atoms with Gasteiger partial charge in [0, 0.05) is 35.2 Å². The molecule has 1 spiro atoms. The minimum absolute atomic E-state index is 0.296. The van der Waals surface area contributed by atoms with Crippen LogP contribution in [0, 0.1) is 5.92 Å². The van der Waals surface area contributed by atoms with Crippen molar-refractivity contribution in [1.82, 2.24) is 5.32 Å². The number of rotatable bonds is 3. The van der Waals surface area contributed by atoms with Crippen LogP contribution in [0.3, 0.4) is 0 Å². The molecular weight excluding hydrogens is 262 g/mol.